The summed E-state index contributed by atoms with van der Waals surface area (Å²) < 4.78 is 40.5. The van der Waals surface area contributed by atoms with Crippen molar-refractivity contribution in [3.63, 3.8) is 0 Å². The molecule has 2 amide bonds. The summed E-state index contributed by atoms with van der Waals surface area (Å²) in [4.78, 5) is 23.2. The molecule has 1 aromatic carbocycles. The number of amides is 2. The van der Waals surface area contributed by atoms with Crippen molar-refractivity contribution in [3.8, 4) is 5.75 Å². The summed E-state index contributed by atoms with van der Waals surface area (Å²) in [6.07, 6.45) is -5.01. The molecule has 0 unspecified atom stereocenters. The van der Waals surface area contributed by atoms with Gasteiger partial charge in [0.15, 0.2) is 5.75 Å². The van der Waals surface area contributed by atoms with Crippen molar-refractivity contribution in [2.24, 2.45) is 0 Å². The molecule has 0 aromatic heterocycles. The second kappa shape index (κ2) is 5.68. The molecule has 0 fully saturated rings. The minimum Gasteiger partial charge on any atom is -0.478 e. The van der Waals surface area contributed by atoms with Crippen LogP contribution >= 0.6 is 0 Å². The molecule has 6 nitrogen and oxygen atoms in total. The van der Waals surface area contributed by atoms with Gasteiger partial charge in [-0.15, -0.1) is 13.2 Å². The van der Waals surface area contributed by atoms with E-state index >= 15 is 0 Å². The zero-order valence-electron chi connectivity index (χ0n) is 10.5. The number of aromatic carboxylic acids is 1. The molecule has 1 rings (SSSR count). The molecule has 9 heteroatoms. The van der Waals surface area contributed by atoms with Crippen LogP contribution in [0.2, 0.25) is 0 Å². The van der Waals surface area contributed by atoms with Gasteiger partial charge in [-0.25, -0.2) is 9.59 Å². The van der Waals surface area contributed by atoms with Crippen LogP contribution in [-0.2, 0) is 0 Å². The van der Waals surface area contributed by atoms with E-state index in [0.29, 0.717) is 6.07 Å². The van der Waals surface area contributed by atoms with Crippen molar-refractivity contribution in [1.82, 2.24) is 4.90 Å². The normalized spacial score (nSPS) is 10.8. The average Bonchev–Trinajstić information content (AvgIpc) is 2.28. The van der Waals surface area contributed by atoms with E-state index in [0.717, 1.165) is 17.0 Å². The first kappa shape index (κ1) is 15.6. The molecule has 20 heavy (non-hydrogen) atoms. The summed E-state index contributed by atoms with van der Waals surface area (Å²) in [5.41, 5.74) is -0.682. The van der Waals surface area contributed by atoms with Gasteiger partial charge in [0.2, 0.25) is 0 Å². The number of rotatable bonds is 3. The number of carbonyl (C=O) groups excluding carboxylic acids is 1. The van der Waals surface area contributed by atoms with Crippen molar-refractivity contribution in [2.75, 3.05) is 19.4 Å². The highest BCUT2D eigenvalue weighted by Gasteiger charge is 2.32. The molecule has 110 valence electrons. The Hall–Kier alpha value is -2.45. The van der Waals surface area contributed by atoms with Gasteiger partial charge in [0, 0.05) is 14.1 Å². The second-order valence-electron chi connectivity index (χ2n) is 3.89. The maximum atomic E-state index is 12.3. The second-order valence-corrected chi connectivity index (χ2v) is 3.89. The van der Waals surface area contributed by atoms with Crippen molar-refractivity contribution in [2.45, 2.75) is 6.36 Å². The van der Waals surface area contributed by atoms with Gasteiger partial charge < -0.3 is 20.1 Å². The summed E-state index contributed by atoms with van der Waals surface area (Å²) in [6, 6.07) is 2.07. The smallest absolute Gasteiger partial charge is 0.478 e. The first-order valence-corrected chi connectivity index (χ1v) is 5.21. The third-order valence-electron chi connectivity index (χ3n) is 2.10. The largest absolute Gasteiger partial charge is 0.573 e. The molecule has 0 radical (unpaired) electrons. The summed E-state index contributed by atoms with van der Waals surface area (Å²) in [7, 11) is 2.79. The first-order chi connectivity index (χ1) is 9.10. The molecule has 1 aromatic rings. The number of carboxylic acids is 1. The van der Waals surface area contributed by atoms with Crippen LogP contribution in [0.1, 0.15) is 10.4 Å². The predicted molar refractivity (Wildman–Crippen MR) is 62.8 cm³/mol. The quantitative estimate of drug-likeness (QED) is 0.896. The third kappa shape index (κ3) is 4.34. The average molecular weight is 292 g/mol. The fourth-order valence-electron chi connectivity index (χ4n) is 1.19. The lowest BCUT2D eigenvalue weighted by Crippen LogP contribution is -2.28. The number of alkyl halides is 3. The SMILES string of the molecule is CN(C)C(=O)Nc1ccc(C(=O)O)cc1OC(F)(F)F. The number of nitrogens with one attached hydrogen (secondary N) is 1. The Balaban J connectivity index is 3.15. The third-order valence-corrected chi connectivity index (χ3v) is 2.10. The minimum atomic E-state index is -5.01. The van der Waals surface area contributed by atoms with Crippen molar-refractivity contribution >= 4 is 17.7 Å². The fraction of sp³-hybridized carbons (Fsp3) is 0.273. The molecule has 0 aliphatic heterocycles. The van der Waals surface area contributed by atoms with Crippen LogP contribution in [0.4, 0.5) is 23.7 Å². The van der Waals surface area contributed by atoms with Crippen LogP contribution in [0.15, 0.2) is 18.2 Å². The molecular weight excluding hydrogens is 281 g/mol. The highest BCUT2D eigenvalue weighted by molar-refractivity contribution is 5.93. The minimum absolute atomic E-state index is 0.286. The van der Waals surface area contributed by atoms with Crippen LogP contribution in [0.5, 0.6) is 5.75 Å². The fourth-order valence-corrected chi connectivity index (χ4v) is 1.19. The summed E-state index contributed by atoms with van der Waals surface area (Å²) in [5.74, 6) is -2.21. The number of ether oxygens (including phenoxy) is 1. The van der Waals surface area contributed by atoms with Crippen LogP contribution in [0.25, 0.3) is 0 Å². The standard InChI is InChI=1S/C11H11F3N2O4/c1-16(2)10(19)15-7-4-3-6(9(17)18)5-8(7)20-11(12,13)14/h3-5H,1-2H3,(H,15,19)(H,17,18). The lowest BCUT2D eigenvalue weighted by atomic mass is 10.2. The van der Waals surface area contributed by atoms with E-state index in [4.69, 9.17) is 5.11 Å². The van der Waals surface area contributed by atoms with Crippen LogP contribution in [0, 0.1) is 0 Å². The monoisotopic (exact) mass is 292 g/mol. The van der Waals surface area contributed by atoms with Crippen LogP contribution < -0.4 is 10.1 Å². The Bertz CT molecular complexity index is 529. The Morgan fingerprint density at radius 3 is 2.35 bits per heavy atom. The zero-order chi connectivity index (χ0) is 15.5. The number of carbonyl (C=O) groups is 2. The van der Waals surface area contributed by atoms with Gasteiger partial charge in [0.1, 0.15) is 0 Å². The topological polar surface area (TPSA) is 78.9 Å². The van der Waals surface area contributed by atoms with Crippen molar-refractivity contribution in [3.05, 3.63) is 23.8 Å². The Morgan fingerprint density at radius 1 is 1.30 bits per heavy atom. The lowest BCUT2D eigenvalue weighted by Gasteiger charge is -2.16. The zero-order valence-corrected chi connectivity index (χ0v) is 10.5. The number of halogens is 3. The van der Waals surface area contributed by atoms with E-state index < -0.39 is 29.7 Å². The molecule has 0 aliphatic carbocycles. The van der Waals surface area contributed by atoms with E-state index in [-0.39, 0.29) is 5.69 Å². The van der Waals surface area contributed by atoms with E-state index in [1.807, 2.05) is 0 Å². The van der Waals surface area contributed by atoms with Gasteiger partial charge in [-0.3, -0.25) is 0 Å². The molecule has 0 saturated heterocycles. The molecule has 0 bridgehead atoms. The highest BCUT2D eigenvalue weighted by Crippen LogP contribution is 2.31. The van der Waals surface area contributed by atoms with Crippen molar-refractivity contribution < 1.29 is 32.6 Å². The van der Waals surface area contributed by atoms with Gasteiger partial charge in [0.25, 0.3) is 0 Å². The van der Waals surface area contributed by atoms with Gasteiger partial charge in [-0.2, -0.15) is 0 Å². The van der Waals surface area contributed by atoms with E-state index in [1.54, 1.807) is 0 Å². The summed E-state index contributed by atoms with van der Waals surface area (Å²) >= 11 is 0. The molecule has 0 saturated carbocycles. The summed E-state index contributed by atoms with van der Waals surface area (Å²) in [6.45, 7) is 0. The first-order valence-electron chi connectivity index (χ1n) is 5.21. The number of benzene rings is 1. The number of hydrogen-bond acceptors (Lipinski definition) is 3. The molecular formula is C11H11F3N2O4. The summed E-state index contributed by atoms with van der Waals surface area (Å²) in [5, 5.41) is 10.9. The number of anilines is 1. The predicted octanol–water partition coefficient (Wildman–Crippen LogP) is 2.38. The van der Waals surface area contributed by atoms with Crippen LogP contribution in [0.3, 0.4) is 0 Å². The Kier molecular flexibility index (Phi) is 4.43. The van der Waals surface area contributed by atoms with E-state index in [9.17, 15) is 22.8 Å². The number of carboxylic acid groups (broad SMARTS) is 1. The maximum Gasteiger partial charge on any atom is 0.573 e. The van der Waals surface area contributed by atoms with E-state index in [1.165, 1.54) is 14.1 Å². The highest BCUT2D eigenvalue weighted by atomic mass is 19.4. The molecule has 0 heterocycles. The number of nitrogens with zero attached hydrogens (tertiary/aromatic N) is 1. The molecule has 0 spiro atoms. The Morgan fingerprint density at radius 2 is 1.90 bits per heavy atom. The van der Waals surface area contributed by atoms with E-state index in [2.05, 4.69) is 10.1 Å². The van der Waals surface area contributed by atoms with Gasteiger partial charge in [-0.05, 0) is 18.2 Å². The van der Waals surface area contributed by atoms with Crippen molar-refractivity contribution in [1.29, 1.82) is 0 Å². The number of hydrogen-bond donors (Lipinski definition) is 2. The lowest BCUT2D eigenvalue weighted by molar-refractivity contribution is -0.274. The maximum absolute atomic E-state index is 12.3. The molecule has 0 aliphatic rings. The van der Waals surface area contributed by atoms with Gasteiger partial charge in [0.05, 0.1) is 11.3 Å². The van der Waals surface area contributed by atoms with Gasteiger partial charge >= 0.3 is 18.4 Å². The van der Waals surface area contributed by atoms with Gasteiger partial charge in [-0.1, -0.05) is 0 Å². The van der Waals surface area contributed by atoms with Crippen LogP contribution in [-0.4, -0.2) is 42.5 Å². The Labute approximate surface area is 111 Å². The number of urea groups is 1. The molecule has 2 N–H and O–H groups in total. The molecule has 0 atom stereocenters.